The van der Waals surface area contributed by atoms with Gasteiger partial charge in [-0.2, -0.15) is 0 Å². The van der Waals surface area contributed by atoms with Gasteiger partial charge in [-0.3, -0.25) is 0 Å². The zero-order valence-electron chi connectivity index (χ0n) is 6.97. The van der Waals surface area contributed by atoms with Gasteiger partial charge in [0, 0.05) is 0 Å². The number of rotatable bonds is 0. The van der Waals surface area contributed by atoms with Crippen LogP contribution in [0.1, 0.15) is 0 Å². The minimum Gasteiger partial charge on any atom is -0.691 e. The Morgan fingerprint density at radius 3 is 2.92 bits per heavy atom. The molecule has 2 aromatic rings. The molecule has 0 aliphatic heterocycles. The first kappa shape index (κ1) is 7.72. The fraction of sp³-hybridized carbons (Fsp3) is 0.125. The van der Waals surface area contributed by atoms with E-state index in [-0.39, 0.29) is 5.56 Å². The first-order valence-electron chi connectivity index (χ1n) is 3.76. The number of aromatic nitrogens is 3. The predicted molar refractivity (Wildman–Crippen MR) is 45.9 cm³/mol. The Hall–Kier alpha value is -1.91. The molecule has 0 aliphatic rings. The third-order valence-electron chi connectivity index (χ3n) is 1.85. The second-order valence-corrected chi connectivity index (χ2v) is 2.71. The zero-order chi connectivity index (χ0) is 9.42. The lowest BCUT2D eigenvalue weighted by Crippen LogP contribution is -2.40. The molecule has 1 aromatic carbocycles. The lowest BCUT2D eigenvalue weighted by Gasteiger charge is -2.02. The highest BCUT2D eigenvalue weighted by Gasteiger charge is 2.08. The smallest absolute Gasteiger partial charge is 0.365 e. The van der Waals surface area contributed by atoms with Gasteiger partial charge in [0.25, 0.3) is 0 Å². The maximum absolute atomic E-state index is 11.4. The van der Waals surface area contributed by atoms with Crippen LogP contribution in [0.4, 0.5) is 0 Å². The summed E-state index contributed by atoms with van der Waals surface area (Å²) in [5.41, 5.74) is 0.0355. The van der Waals surface area contributed by atoms with Crippen LogP contribution in [0.5, 0.6) is 0 Å². The molecule has 0 unspecified atom stereocenters. The van der Waals surface area contributed by atoms with Crippen LogP contribution in [0.25, 0.3) is 10.9 Å². The summed E-state index contributed by atoms with van der Waals surface area (Å²) in [6.45, 7) is 0. The monoisotopic (exact) mass is 177 g/mol. The Kier molecular flexibility index (Phi) is 1.51. The van der Waals surface area contributed by atoms with Crippen molar-refractivity contribution in [2.75, 3.05) is 0 Å². The maximum atomic E-state index is 11.4. The fourth-order valence-electron chi connectivity index (χ4n) is 1.21. The number of hydrogen-bond donors (Lipinski definition) is 0. The molecular formula is C8H7N3O2. The van der Waals surface area contributed by atoms with E-state index >= 15 is 0 Å². The predicted octanol–water partition coefficient (Wildman–Crippen LogP) is -0.433. The van der Waals surface area contributed by atoms with E-state index in [1.54, 1.807) is 24.3 Å². The van der Waals surface area contributed by atoms with Crippen LogP contribution in [0.2, 0.25) is 0 Å². The van der Waals surface area contributed by atoms with Crippen LogP contribution in [-0.2, 0) is 7.05 Å². The molecule has 5 heteroatoms. The quantitative estimate of drug-likeness (QED) is 0.405. The van der Waals surface area contributed by atoms with Gasteiger partial charge in [0.15, 0.2) is 5.52 Å². The second kappa shape index (κ2) is 2.55. The molecule has 0 bridgehead atoms. The van der Waals surface area contributed by atoms with Gasteiger partial charge >= 0.3 is 5.56 Å². The average Bonchev–Trinajstić information content (AvgIpc) is 2.15. The average molecular weight is 177 g/mol. The first-order chi connectivity index (χ1) is 6.20. The standard InChI is InChI=1S/C8H7N3O2/c1-10-8(12)6-4-2-3-5-7(6)11(13)9-10/h2-5H,1H3. The molecule has 0 amide bonds. The van der Waals surface area contributed by atoms with Crippen molar-refractivity contribution in [3.63, 3.8) is 0 Å². The van der Waals surface area contributed by atoms with E-state index in [4.69, 9.17) is 0 Å². The van der Waals surface area contributed by atoms with Crippen LogP contribution < -0.4 is 10.4 Å². The molecule has 5 nitrogen and oxygen atoms in total. The van der Waals surface area contributed by atoms with Gasteiger partial charge in [-0.1, -0.05) is 16.8 Å². The van der Waals surface area contributed by atoms with Gasteiger partial charge < -0.3 is 5.21 Å². The van der Waals surface area contributed by atoms with Gasteiger partial charge in [-0.05, 0) is 12.1 Å². The molecule has 1 heterocycles. The SMILES string of the molecule is Cn1n[n+]([O-])c2ccccc2c1=O. The largest absolute Gasteiger partial charge is 0.691 e. The van der Waals surface area contributed by atoms with Crippen molar-refractivity contribution in [3.8, 4) is 0 Å². The maximum Gasteiger partial charge on any atom is 0.365 e. The summed E-state index contributed by atoms with van der Waals surface area (Å²) in [6.07, 6.45) is 0. The van der Waals surface area contributed by atoms with Crippen LogP contribution in [0, 0.1) is 5.21 Å². The highest BCUT2D eigenvalue weighted by atomic mass is 16.5. The Bertz CT molecular complexity index is 518. The zero-order valence-corrected chi connectivity index (χ0v) is 6.97. The van der Waals surface area contributed by atoms with Gasteiger partial charge in [-0.25, -0.2) is 4.79 Å². The summed E-state index contributed by atoms with van der Waals surface area (Å²) >= 11 is 0. The van der Waals surface area contributed by atoms with Gasteiger partial charge in [0.05, 0.1) is 5.21 Å². The molecule has 0 saturated heterocycles. The minimum absolute atomic E-state index is 0.261. The third-order valence-corrected chi connectivity index (χ3v) is 1.85. The van der Waals surface area contributed by atoms with E-state index in [2.05, 4.69) is 5.21 Å². The van der Waals surface area contributed by atoms with Crippen LogP contribution in [0.3, 0.4) is 0 Å². The van der Waals surface area contributed by atoms with E-state index in [1.165, 1.54) is 7.05 Å². The minimum atomic E-state index is -0.261. The molecule has 66 valence electrons. The molecule has 0 N–H and O–H groups in total. The molecule has 13 heavy (non-hydrogen) atoms. The van der Waals surface area contributed by atoms with E-state index in [0.29, 0.717) is 15.7 Å². The van der Waals surface area contributed by atoms with Gasteiger partial charge in [0.2, 0.25) is 0 Å². The van der Waals surface area contributed by atoms with E-state index < -0.39 is 0 Å². The molecule has 0 spiro atoms. The molecule has 1 aromatic heterocycles. The van der Waals surface area contributed by atoms with E-state index in [9.17, 15) is 10.0 Å². The Morgan fingerprint density at radius 2 is 2.15 bits per heavy atom. The highest BCUT2D eigenvalue weighted by Crippen LogP contribution is 2.01. The molecule has 0 aliphatic carbocycles. The lowest BCUT2D eigenvalue weighted by atomic mass is 10.2. The summed E-state index contributed by atoms with van der Waals surface area (Å²) in [7, 11) is 1.45. The van der Waals surface area contributed by atoms with E-state index in [0.717, 1.165) is 4.68 Å². The normalized spacial score (nSPS) is 10.5. The van der Waals surface area contributed by atoms with Crippen molar-refractivity contribution < 1.29 is 4.85 Å². The molecule has 2 rings (SSSR count). The van der Waals surface area contributed by atoms with Gasteiger partial charge in [0.1, 0.15) is 12.4 Å². The first-order valence-corrected chi connectivity index (χ1v) is 3.76. The molecule has 0 radical (unpaired) electrons. The third kappa shape index (κ3) is 1.05. The topological polar surface area (TPSA) is 61.8 Å². The van der Waals surface area contributed by atoms with Crippen LogP contribution >= 0.6 is 0 Å². The summed E-state index contributed by atoms with van der Waals surface area (Å²) in [5.74, 6) is 0. The second-order valence-electron chi connectivity index (χ2n) is 2.71. The van der Waals surface area contributed by atoms with Crippen molar-refractivity contribution in [2.45, 2.75) is 0 Å². The fourth-order valence-corrected chi connectivity index (χ4v) is 1.21. The molecule has 0 saturated carbocycles. The Morgan fingerprint density at radius 1 is 1.46 bits per heavy atom. The number of benzene rings is 1. The van der Waals surface area contributed by atoms with Crippen molar-refractivity contribution >= 4 is 10.9 Å². The molecule has 0 fully saturated rings. The number of fused-ring (bicyclic) bond motifs is 1. The van der Waals surface area contributed by atoms with Crippen molar-refractivity contribution in [1.82, 2.24) is 9.90 Å². The highest BCUT2D eigenvalue weighted by molar-refractivity contribution is 5.73. The number of aryl methyl sites for hydroxylation is 1. The summed E-state index contributed by atoms with van der Waals surface area (Å²) in [6, 6.07) is 6.58. The molecular weight excluding hydrogens is 170 g/mol. The lowest BCUT2D eigenvalue weighted by molar-refractivity contribution is -0.652. The molecule has 0 atom stereocenters. The number of para-hydroxylation sites is 1. The Labute approximate surface area is 73.4 Å². The summed E-state index contributed by atoms with van der Waals surface area (Å²) in [5, 5.41) is 15.0. The summed E-state index contributed by atoms with van der Waals surface area (Å²) in [4.78, 5) is 11.9. The Balaban J connectivity index is 3.06. The number of nitrogens with zero attached hydrogens (tertiary/aromatic N) is 3. The van der Waals surface area contributed by atoms with E-state index in [1.807, 2.05) is 0 Å². The van der Waals surface area contributed by atoms with Crippen LogP contribution in [-0.4, -0.2) is 9.90 Å². The number of hydrogen-bond acceptors (Lipinski definition) is 3. The van der Waals surface area contributed by atoms with Crippen LogP contribution in [0.15, 0.2) is 29.1 Å². The summed E-state index contributed by atoms with van der Waals surface area (Å²) < 4.78 is 1.02. The van der Waals surface area contributed by atoms with Gasteiger partial charge in [-0.15, -0.1) is 4.85 Å². The van der Waals surface area contributed by atoms with Crippen molar-refractivity contribution in [1.29, 1.82) is 0 Å². The van der Waals surface area contributed by atoms with Crippen molar-refractivity contribution in [3.05, 3.63) is 39.8 Å². The van der Waals surface area contributed by atoms with Crippen molar-refractivity contribution in [2.24, 2.45) is 7.05 Å².